The van der Waals surface area contributed by atoms with Crippen molar-refractivity contribution >= 4 is 5.69 Å². The Hall–Kier alpha value is -2.96. The van der Waals surface area contributed by atoms with Gasteiger partial charge in [-0.3, -0.25) is 4.98 Å². The van der Waals surface area contributed by atoms with Crippen molar-refractivity contribution in [3.8, 4) is 17.1 Å². The molecule has 3 aromatic rings. The molecule has 21 heavy (non-hydrogen) atoms. The highest BCUT2D eigenvalue weighted by atomic mass is 16.3. The molecule has 0 aliphatic heterocycles. The minimum absolute atomic E-state index is 0.163. The number of rotatable bonds is 4. The number of nitrogens with one attached hydrogen (secondary N) is 1. The molecule has 2 heterocycles. The first kappa shape index (κ1) is 13.0. The molecule has 0 saturated heterocycles. The van der Waals surface area contributed by atoms with Gasteiger partial charge in [0.1, 0.15) is 5.75 Å². The Morgan fingerprint density at radius 1 is 1.24 bits per heavy atom. The number of aromatic nitrogens is 5. The van der Waals surface area contributed by atoms with Crippen LogP contribution >= 0.6 is 0 Å². The highest BCUT2D eigenvalue weighted by Crippen LogP contribution is 2.20. The number of benzene rings is 1. The van der Waals surface area contributed by atoms with Crippen LogP contribution in [0.1, 0.15) is 5.69 Å². The van der Waals surface area contributed by atoms with Crippen LogP contribution in [-0.2, 0) is 13.6 Å². The van der Waals surface area contributed by atoms with E-state index >= 15 is 0 Å². The average molecular weight is 282 g/mol. The Bertz CT molecular complexity index is 737. The number of tetrazole rings is 1. The summed E-state index contributed by atoms with van der Waals surface area (Å²) in [6.45, 7) is 0.570. The number of pyridine rings is 1. The Labute approximate surface area is 121 Å². The van der Waals surface area contributed by atoms with Crippen LogP contribution in [0, 0.1) is 0 Å². The van der Waals surface area contributed by atoms with Crippen LogP contribution in [-0.4, -0.2) is 30.3 Å². The van der Waals surface area contributed by atoms with E-state index in [1.807, 2.05) is 24.3 Å². The van der Waals surface area contributed by atoms with Gasteiger partial charge in [0.15, 0.2) is 5.82 Å². The first-order valence-corrected chi connectivity index (χ1v) is 6.43. The third-order valence-corrected chi connectivity index (χ3v) is 3.02. The third-order valence-electron chi connectivity index (χ3n) is 3.02. The summed E-state index contributed by atoms with van der Waals surface area (Å²) in [4.78, 5) is 4.13. The maximum absolute atomic E-state index is 9.21. The smallest absolute Gasteiger partial charge is 0.181 e. The molecule has 3 rings (SSSR count). The molecular formula is C14H14N6O. The highest BCUT2D eigenvalue weighted by Gasteiger charge is 2.06. The maximum Gasteiger partial charge on any atom is 0.181 e. The lowest BCUT2D eigenvalue weighted by Crippen LogP contribution is -2.01. The van der Waals surface area contributed by atoms with E-state index in [1.54, 1.807) is 23.9 Å². The molecule has 7 nitrogen and oxygen atoms in total. The summed E-state index contributed by atoms with van der Waals surface area (Å²) in [5, 5.41) is 23.9. The summed E-state index contributed by atoms with van der Waals surface area (Å²) in [5.41, 5.74) is 2.73. The molecule has 0 spiro atoms. The van der Waals surface area contributed by atoms with E-state index in [2.05, 4.69) is 25.8 Å². The minimum atomic E-state index is 0.163. The van der Waals surface area contributed by atoms with Crippen molar-refractivity contribution < 1.29 is 5.11 Å². The normalized spacial score (nSPS) is 10.5. The number of anilines is 1. The standard InChI is InChI=1S/C14H14N6O/c1-20-14(17-18-19-20)10-3-2-4-11(7-10)15-8-12-5-6-13(21)9-16-12/h2-7,9,15,21H,8H2,1H3. The molecule has 0 atom stereocenters. The Balaban J connectivity index is 1.74. The van der Waals surface area contributed by atoms with Gasteiger partial charge in [0.2, 0.25) is 0 Å². The number of hydrogen-bond donors (Lipinski definition) is 2. The molecule has 0 aliphatic carbocycles. The fourth-order valence-corrected chi connectivity index (χ4v) is 1.96. The van der Waals surface area contributed by atoms with Crippen LogP contribution < -0.4 is 5.32 Å². The second-order valence-electron chi connectivity index (χ2n) is 4.57. The first-order valence-electron chi connectivity index (χ1n) is 6.43. The van der Waals surface area contributed by atoms with E-state index in [-0.39, 0.29) is 5.75 Å². The molecule has 0 radical (unpaired) electrons. The molecule has 2 N–H and O–H groups in total. The first-order chi connectivity index (χ1) is 10.2. The lowest BCUT2D eigenvalue weighted by atomic mass is 10.2. The van der Waals surface area contributed by atoms with Gasteiger partial charge in [-0.05, 0) is 34.7 Å². The Morgan fingerprint density at radius 3 is 2.86 bits per heavy atom. The molecule has 106 valence electrons. The summed E-state index contributed by atoms with van der Waals surface area (Å²) in [6.07, 6.45) is 1.43. The van der Waals surface area contributed by atoms with E-state index in [4.69, 9.17) is 0 Å². The third kappa shape index (κ3) is 2.97. The molecule has 0 unspecified atom stereocenters. The van der Waals surface area contributed by atoms with Crippen molar-refractivity contribution in [2.75, 3.05) is 5.32 Å². The molecule has 0 fully saturated rings. The fraction of sp³-hybridized carbons (Fsp3) is 0.143. The van der Waals surface area contributed by atoms with E-state index in [1.165, 1.54) is 6.20 Å². The molecule has 2 aromatic heterocycles. The fourth-order valence-electron chi connectivity index (χ4n) is 1.96. The van der Waals surface area contributed by atoms with Gasteiger partial charge >= 0.3 is 0 Å². The SMILES string of the molecule is Cn1nnnc1-c1cccc(NCc2ccc(O)cn2)c1. The van der Waals surface area contributed by atoms with E-state index in [0.717, 1.165) is 16.9 Å². The van der Waals surface area contributed by atoms with Crippen LogP contribution in [0.2, 0.25) is 0 Å². The second kappa shape index (κ2) is 5.58. The van der Waals surface area contributed by atoms with Crippen LogP contribution in [0.15, 0.2) is 42.6 Å². The lowest BCUT2D eigenvalue weighted by Gasteiger charge is -2.07. The summed E-state index contributed by atoms with van der Waals surface area (Å²) < 4.78 is 1.63. The summed E-state index contributed by atoms with van der Waals surface area (Å²) in [7, 11) is 1.80. The number of nitrogens with zero attached hydrogens (tertiary/aromatic N) is 5. The zero-order valence-corrected chi connectivity index (χ0v) is 11.4. The quantitative estimate of drug-likeness (QED) is 0.755. The highest BCUT2D eigenvalue weighted by molar-refractivity contribution is 5.62. The topological polar surface area (TPSA) is 88.8 Å². The van der Waals surface area contributed by atoms with E-state index < -0.39 is 0 Å². The zero-order valence-electron chi connectivity index (χ0n) is 11.4. The Morgan fingerprint density at radius 2 is 2.14 bits per heavy atom. The Kier molecular flexibility index (Phi) is 3.46. The van der Waals surface area contributed by atoms with Crippen LogP contribution in [0.4, 0.5) is 5.69 Å². The summed E-state index contributed by atoms with van der Waals surface area (Å²) in [6, 6.07) is 11.2. The maximum atomic E-state index is 9.21. The summed E-state index contributed by atoms with van der Waals surface area (Å²) in [5.74, 6) is 0.872. The van der Waals surface area contributed by atoms with Gasteiger partial charge in [0, 0.05) is 18.3 Å². The number of aryl methyl sites for hydroxylation is 1. The lowest BCUT2D eigenvalue weighted by molar-refractivity contribution is 0.472. The van der Waals surface area contributed by atoms with Crippen molar-refractivity contribution in [3.05, 3.63) is 48.3 Å². The van der Waals surface area contributed by atoms with Crippen LogP contribution in [0.25, 0.3) is 11.4 Å². The van der Waals surface area contributed by atoms with Crippen molar-refractivity contribution in [1.29, 1.82) is 0 Å². The second-order valence-corrected chi connectivity index (χ2v) is 4.57. The molecular weight excluding hydrogens is 268 g/mol. The van der Waals surface area contributed by atoms with Crippen molar-refractivity contribution in [2.24, 2.45) is 7.05 Å². The molecule has 0 amide bonds. The molecule has 0 bridgehead atoms. The molecule has 7 heteroatoms. The van der Waals surface area contributed by atoms with Gasteiger partial charge in [-0.15, -0.1) is 5.10 Å². The van der Waals surface area contributed by atoms with Gasteiger partial charge in [-0.25, -0.2) is 4.68 Å². The van der Waals surface area contributed by atoms with Crippen molar-refractivity contribution in [1.82, 2.24) is 25.2 Å². The monoisotopic (exact) mass is 282 g/mol. The number of aromatic hydroxyl groups is 1. The predicted octanol–water partition coefficient (Wildman–Crippen LogP) is 1.59. The zero-order chi connectivity index (χ0) is 14.7. The van der Waals surface area contributed by atoms with Gasteiger partial charge in [0.05, 0.1) is 18.4 Å². The van der Waals surface area contributed by atoms with Crippen molar-refractivity contribution in [2.45, 2.75) is 6.54 Å². The van der Waals surface area contributed by atoms with Crippen molar-refractivity contribution in [3.63, 3.8) is 0 Å². The minimum Gasteiger partial charge on any atom is -0.506 e. The van der Waals surface area contributed by atoms with Gasteiger partial charge in [-0.1, -0.05) is 12.1 Å². The predicted molar refractivity (Wildman–Crippen MR) is 77.5 cm³/mol. The molecule has 0 aliphatic rings. The molecule has 0 saturated carbocycles. The number of hydrogen-bond acceptors (Lipinski definition) is 6. The van der Waals surface area contributed by atoms with Gasteiger partial charge in [0.25, 0.3) is 0 Å². The van der Waals surface area contributed by atoms with Gasteiger partial charge < -0.3 is 10.4 Å². The van der Waals surface area contributed by atoms with Crippen LogP contribution in [0.5, 0.6) is 5.75 Å². The van der Waals surface area contributed by atoms with Crippen LogP contribution in [0.3, 0.4) is 0 Å². The average Bonchev–Trinajstić information content (AvgIpc) is 2.93. The molecule has 1 aromatic carbocycles. The van der Waals surface area contributed by atoms with Gasteiger partial charge in [-0.2, -0.15) is 0 Å². The summed E-state index contributed by atoms with van der Waals surface area (Å²) >= 11 is 0. The van der Waals surface area contributed by atoms with E-state index in [9.17, 15) is 5.11 Å². The van der Waals surface area contributed by atoms with E-state index in [0.29, 0.717) is 12.4 Å². The largest absolute Gasteiger partial charge is 0.506 e.